The highest BCUT2D eigenvalue weighted by Crippen LogP contribution is 2.30. The summed E-state index contributed by atoms with van der Waals surface area (Å²) < 4.78 is 5.11. The van der Waals surface area contributed by atoms with E-state index < -0.39 is 35.3 Å². The van der Waals surface area contributed by atoms with Crippen LogP contribution in [0.15, 0.2) is 30.3 Å². The molecular formula is C18H26N2O6. The second-order valence-corrected chi connectivity index (χ2v) is 6.88. The number of alkyl carbamates (subject to hydrolysis) is 1. The fourth-order valence-electron chi connectivity index (χ4n) is 2.48. The predicted octanol–water partition coefficient (Wildman–Crippen LogP) is 2.05. The zero-order valence-corrected chi connectivity index (χ0v) is 15.7. The molecule has 0 aliphatic heterocycles. The molecule has 0 spiro atoms. The number of nitrogens with one attached hydrogen (secondary N) is 1. The molecule has 1 aromatic rings. The smallest absolute Gasteiger partial charge is 0.408 e. The molecule has 0 aromatic heterocycles. The monoisotopic (exact) mass is 366 g/mol. The number of ether oxygens (including phenoxy) is 1. The van der Waals surface area contributed by atoms with Crippen molar-refractivity contribution >= 4 is 18.0 Å². The predicted molar refractivity (Wildman–Crippen MR) is 93.9 cm³/mol. The Morgan fingerprint density at radius 3 is 2.23 bits per heavy atom. The first-order valence-corrected chi connectivity index (χ1v) is 8.09. The molecule has 0 saturated heterocycles. The van der Waals surface area contributed by atoms with E-state index in [0.29, 0.717) is 0 Å². The van der Waals surface area contributed by atoms with Crippen molar-refractivity contribution in [2.75, 3.05) is 14.2 Å². The van der Waals surface area contributed by atoms with Gasteiger partial charge in [0.2, 0.25) is 0 Å². The summed E-state index contributed by atoms with van der Waals surface area (Å²) in [5, 5.41) is 12.9. The maximum atomic E-state index is 12.5. The van der Waals surface area contributed by atoms with Crippen LogP contribution in [0.25, 0.3) is 0 Å². The van der Waals surface area contributed by atoms with Crippen LogP contribution < -0.4 is 5.32 Å². The molecule has 2 N–H and O–H groups in total. The van der Waals surface area contributed by atoms with Crippen LogP contribution in [-0.2, 0) is 25.8 Å². The van der Waals surface area contributed by atoms with Crippen molar-refractivity contribution in [2.45, 2.75) is 33.4 Å². The highest BCUT2D eigenvalue weighted by atomic mass is 16.7. The summed E-state index contributed by atoms with van der Waals surface area (Å²) in [6, 6.07) is 7.65. The van der Waals surface area contributed by atoms with Gasteiger partial charge in [0.15, 0.2) is 0 Å². The number of carbonyl (C=O) groups is 3. The van der Waals surface area contributed by atoms with E-state index >= 15 is 0 Å². The van der Waals surface area contributed by atoms with E-state index in [1.54, 1.807) is 45.0 Å². The summed E-state index contributed by atoms with van der Waals surface area (Å²) >= 11 is 0. The van der Waals surface area contributed by atoms with Gasteiger partial charge in [-0.1, -0.05) is 51.1 Å². The number of hydrogen-bond donors (Lipinski definition) is 2. The highest BCUT2D eigenvalue weighted by molar-refractivity contribution is 5.90. The van der Waals surface area contributed by atoms with E-state index in [9.17, 15) is 19.5 Å². The van der Waals surface area contributed by atoms with Crippen LogP contribution in [-0.4, -0.2) is 48.3 Å². The third-order valence-electron chi connectivity index (χ3n) is 3.87. The average Bonchev–Trinajstić information content (AvgIpc) is 2.57. The molecule has 0 saturated carbocycles. The van der Waals surface area contributed by atoms with Crippen molar-refractivity contribution in [1.29, 1.82) is 0 Å². The lowest BCUT2D eigenvalue weighted by Crippen LogP contribution is -2.56. The minimum atomic E-state index is -1.35. The molecule has 0 heterocycles. The van der Waals surface area contributed by atoms with E-state index in [1.165, 1.54) is 14.2 Å². The fourth-order valence-corrected chi connectivity index (χ4v) is 2.48. The SMILES string of the molecule is CON(C)C(=O)[C@@H](NC(=O)OCc1ccccc1)C(C(=O)O)C(C)(C)C. The van der Waals surface area contributed by atoms with E-state index in [2.05, 4.69) is 5.32 Å². The second kappa shape index (κ2) is 9.19. The van der Waals surface area contributed by atoms with Crippen LogP contribution in [0.3, 0.4) is 0 Å². The summed E-state index contributed by atoms with van der Waals surface area (Å²) in [6.07, 6.45) is -0.882. The largest absolute Gasteiger partial charge is 0.481 e. The summed E-state index contributed by atoms with van der Waals surface area (Å²) in [5.74, 6) is -3.08. The number of amides is 2. The zero-order valence-electron chi connectivity index (χ0n) is 15.7. The lowest BCUT2D eigenvalue weighted by molar-refractivity contribution is -0.176. The Balaban J connectivity index is 2.95. The van der Waals surface area contributed by atoms with E-state index in [0.717, 1.165) is 10.6 Å². The third-order valence-corrected chi connectivity index (χ3v) is 3.87. The molecule has 144 valence electrons. The van der Waals surface area contributed by atoms with Crippen LogP contribution in [0, 0.1) is 11.3 Å². The number of aliphatic carboxylic acids is 1. The normalized spacial score (nSPS) is 13.4. The van der Waals surface area contributed by atoms with Gasteiger partial charge in [-0.05, 0) is 11.0 Å². The minimum Gasteiger partial charge on any atom is -0.481 e. The van der Waals surface area contributed by atoms with E-state index in [-0.39, 0.29) is 6.61 Å². The zero-order chi connectivity index (χ0) is 19.9. The van der Waals surface area contributed by atoms with Crippen molar-refractivity contribution in [2.24, 2.45) is 11.3 Å². The summed E-state index contributed by atoms with van der Waals surface area (Å²) in [5.41, 5.74) is -0.0295. The van der Waals surface area contributed by atoms with E-state index in [4.69, 9.17) is 9.57 Å². The molecule has 8 heteroatoms. The summed E-state index contributed by atoms with van der Waals surface area (Å²) in [7, 11) is 2.61. The Hall–Kier alpha value is -2.61. The number of hydrogen-bond acceptors (Lipinski definition) is 5. The fraction of sp³-hybridized carbons (Fsp3) is 0.500. The number of carboxylic acids is 1. The Kier molecular flexibility index (Phi) is 7.57. The quantitative estimate of drug-likeness (QED) is 0.716. The van der Waals surface area contributed by atoms with Gasteiger partial charge in [0.1, 0.15) is 12.6 Å². The van der Waals surface area contributed by atoms with Gasteiger partial charge in [0.05, 0.1) is 13.0 Å². The summed E-state index contributed by atoms with van der Waals surface area (Å²) in [6.45, 7) is 5.03. The molecule has 2 atom stereocenters. The number of carboxylic acid groups (broad SMARTS) is 1. The van der Waals surface area contributed by atoms with Gasteiger partial charge in [0.25, 0.3) is 5.91 Å². The van der Waals surface area contributed by atoms with Crippen molar-refractivity contribution in [1.82, 2.24) is 10.4 Å². The van der Waals surface area contributed by atoms with Gasteiger partial charge in [-0.3, -0.25) is 14.4 Å². The van der Waals surface area contributed by atoms with Gasteiger partial charge in [-0.25, -0.2) is 9.86 Å². The second-order valence-electron chi connectivity index (χ2n) is 6.88. The van der Waals surface area contributed by atoms with Crippen LogP contribution in [0.5, 0.6) is 0 Å². The van der Waals surface area contributed by atoms with Gasteiger partial charge >= 0.3 is 12.1 Å². The first kappa shape index (κ1) is 21.4. The molecule has 8 nitrogen and oxygen atoms in total. The van der Waals surface area contributed by atoms with Gasteiger partial charge < -0.3 is 15.2 Å². The van der Waals surface area contributed by atoms with Crippen molar-refractivity contribution in [3.8, 4) is 0 Å². The van der Waals surface area contributed by atoms with Crippen molar-refractivity contribution in [3.05, 3.63) is 35.9 Å². The molecule has 0 radical (unpaired) electrons. The molecule has 0 bridgehead atoms. The van der Waals surface area contributed by atoms with Crippen LogP contribution in [0.2, 0.25) is 0 Å². The van der Waals surface area contributed by atoms with Crippen molar-refractivity contribution < 1.29 is 29.1 Å². The molecule has 2 amide bonds. The molecule has 0 fully saturated rings. The van der Waals surface area contributed by atoms with Gasteiger partial charge in [0, 0.05) is 7.05 Å². The number of likely N-dealkylation sites (N-methyl/N-ethyl adjacent to an activating group) is 1. The topological polar surface area (TPSA) is 105 Å². The Morgan fingerprint density at radius 2 is 1.77 bits per heavy atom. The summed E-state index contributed by atoms with van der Waals surface area (Å²) in [4.78, 5) is 41.3. The standard InChI is InChI=1S/C18H26N2O6/c1-18(2,3)13(16(22)23)14(15(21)20(4)25-5)19-17(24)26-11-12-9-7-6-8-10-12/h6-10,13-14H,11H2,1-5H3,(H,19,24)(H,22,23)/t13?,14-/m0/s1. The van der Waals surface area contributed by atoms with Gasteiger partial charge in [-0.15, -0.1) is 0 Å². The Bertz CT molecular complexity index is 626. The molecule has 1 aromatic carbocycles. The van der Waals surface area contributed by atoms with Gasteiger partial charge in [-0.2, -0.15) is 0 Å². The number of benzene rings is 1. The number of rotatable bonds is 7. The van der Waals surface area contributed by atoms with Crippen molar-refractivity contribution in [3.63, 3.8) is 0 Å². The lowest BCUT2D eigenvalue weighted by Gasteiger charge is -2.34. The minimum absolute atomic E-state index is 0.000949. The first-order valence-electron chi connectivity index (χ1n) is 8.09. The van der Waals surface area contributed by atoms with Crippen LogP contribution in [0.1, 0.15) is 26.3 Å². The molecule has 0 aliphatic rings. The maximum Gasteiger partial charge on any atom is 0.408 e. The number of carbonyl (C=O) groups excluding carboxylic acids is 2. The average molecular weight is 366 g/mol. The third kappa shape index (κ3) is 6.03. The molecule has 0 aliphatic carbocycles. The number of nitrogens with zero attached hydrogens (tertiary/aromatic N) is 1. The lowest BCUT2D eigenvalue weighted by atomic mass is 9.76. The van der Waals surface area contributed by atoms with E-state index in [1.807, 2.05) is 6.07 Å². The molecule has 1 rings (SSSR count). The first-order chi connectivity index (χ1) is 12.1. The number of hydroxylamine groups is 2. The highest BCUT2D eigenvalue weighted by Gasteiger charge is 2.44. The Labute approximate surface area is 153 Å². The maximum absolute atomic E-state index is 12.5. The van der Waals surface area contributed by atoms with Crippen LogP contribution in [0.4, 0.5) is 4.79 Å². The molecule has 26 heavy (non-hydrogen) atoms. The van der Waals surface area contributed by atoms with Crippen LogP contribution >= 0.6 is 0 Å². The molecule has 1 unspecified atom stereocenters. The Morgan fingerprint density at radius 1 is 1.19 bits per heavy atom. The molecular weight excluding hydrogens is 340 g/mol.